The van der Waals surface area contributed by atoms with Gasteiger partial charge in [-0.25, -0.2) is 18.2 Å². The smallest absolute Gasteiger partial charge is 0.339 e. The van der Waals surface area contributed by atoms with Crippen LogP contribution in [0.15, 0.2) is 42.5 Å². The van der Waals surface area contributed by atoms with E-state index in [1.165, 1.54) is 4.90 Å². The van der Waals surface area contributed by atoms with Crippen LogP contribution in [-0.4, -0.2) is 67.7 Å². The number of sulfone groups is 1. The third kappa shape index (κ3) is 5.03. The number of rotatable bonds is 6. The number of para-hydroxylation sites is 1. The molecule has 1 aliphatic carbocycles. The van der Waals surface area contributed by atoms with Gasteiger partial charge in [-0.2, -0.15) is 0 Å². The molecule has 208 valence electrons. The Morgan fingerprint density at radius 3 is 2.75 bits per heavy atom. The maximum Gasteiger partial charge on any atom is 0.339 e. The second kappa shape index (κ2) is 10.6. The number of benzene rings is 2. The molecule has 0 N–H and O–H groups in total. The summed E-state index contributed by atoms with van der Waals surface area (Å²) in [6.45, 7) is 1.90. The van der Waals surface area contributed by atoms with Crippen molar-refractivity contribution in [3.05, 3.63) is 64.8 Å². The van der Waals surface area contributed by atoms with Gasteiger partial charge in [-0.3, -0.25) is 4.79 Å². The number of allylic oxidation sites excluding steroid dienone is 1. The van der Waals surface area contributed by atoms with Crippen molar-refractivity contribution in [3.63, 3.8) is 0 Å². The summed E-state index contributed by atoms with van der Waals surface area (Å²) >= 11 is 0. The summed E-state index contributed by atoms with van der Waals surface area (Å²) in [5, 5.41) is 0.678. The number of carbonyl (C=O) groups is 2. The van der Waals surface area contributed by atoms with Gasteiger partial charge in [0.15, 0.2) is 27.9 Å². The minimum atomic E-state index is -3.15. The van der Waals surface area contributed by atoms with E-state index in [9.17, 15) is 18.0 Å². The minimum Gasteiger partial charge on any atom is -0.454 e. The van der Waals surface area contributed by atoms with Crippen LogP contribution in [0.4, 0.5) is 0 Å². The van der Waals surface area contributed by atoms with Crippen molar-refractivity contribution in [2.45, 2.75) is 38.6 Å². The van der Waals surface area contributed by atoms with Crippen molar-refractivity contribution < 1.29 is 32.2 Å². The van der Waals surface area contributed by atoms with E-state index < -0.39 is 28.3 Å². The second-order valence-electron chi connectivity index (χ2n) is 10.3. The molecule has 3 aliphatic rings. The normalized spacial score (nSPS) is 19.9. The zero-order chi connectivity index (χ0) is 27.9. The van der Waals surface area contributed by atoms with Crippen LogP contribution in [0.5, 0.6) is 11.5 Å². The average molecular weight is 563 g/mol. The Bertz CT molecular complexity index is 1650. The van der Waals surface area contributed by atoms with Crippen molar-refractivity contribution in [2.75, 3.05) is 31.5 Å². The lowest BCUT2D eigenvalue weighted by Crippen LogP contribution is -2.43. The van der Waals surface area contributed by atoms with Crippen LogP contribution >= 0.6 is 0 Å². The number of nitrogens with zero attached hydrogens (tertiary/aromatic N) is 2. The number of pyridine rings is 1. The number of amides is 1. The van der Waals surface area contributed by atoms with Gasteiger partial charge < -0.3 is 19.1 Å². The molecule has 0 saturated carbocycles. The molecule has 10 heteroatoms. The predicted octanol–water partition coefficient (Wildman–Crippen LogP) is 4.03. The molecule has 1 saturated heterocycles. The predicted molar refractivity (Wildman–Crippen MR) is 150 cm³/mol. The highest BCUT2D eigenvalue weighted by Crippen LogP contribution is 2.38. The molecule has 1 atom stereocenters. The molecule has 6 rings (SSSR count). The first kappa shape index (κ1) is 26.3. The second-order valence-corrected chi connectivity index (χ2v) is 12.5. The lowest BCUT2D eigenvalue weighted by atomic mass is 9.86. The fourth-order valence-corrected chi connectivity index (χ4v) is 7.58. The molecule has 0 radical (unpaired) electrons. The maximum atomic E-state index is 13.6. The standard InChI is InChI=1S/C30H30N2O7S/c1-2-32(21-12-13-40(35,36)17-21)27(33)16-37-30(34)28-22-7-3-4-9-24(22)31-29-20(6-5-8-23(28)29)14-19-10-11-25-26(15-19)39-18-38-25/h3-4,7,9-11,14-15,21H,2,5-6,8,12-13,16-18H2,1H3/b20-14+. The van der Waals surface area contributed by atoms with Crippen molar-refractivity contribution in [3.8, 4) is 11.5 Å². The Morgan fingerprint density at radius 2 is 1.95 bits per heavy atom. The van der Waals surface area contributed by atoms with Crippen LogP contribution in [0.1, 0.15) is 53.4 Å². The SMILES string of the molecule is CCN(C(=O)COC(=O)c1c2c(nc3ccccc13)/C(=C/c1ccc3c(c1)OCO3)CCC2)C1CCS(=O)(=O)C1. The number of esters is 1. The highest BCUT2D eigenvalue weighted by molar-refractivity contribution is 7.91. The highest BCUT2D eigenvalue weighted by atomic mass is 32.2. The molecular formula is C30H30N2O7S. The first-order chi connectivity index (χ1) is 19.3. The molecule has 9 nitrogen and oxygen atoms in total. The van der Waals surface area contributed by atoms with Gasteiger partial charge in [0.2, 0.25) is 6.79 Å². The zero-order valence-corrected chi connectivity index (χ0v) is 23.0. The van der Waals surface area contributed by atoms with Gasteiger partial charge in [0.05, 0.1) is 28.3 Å². The molecule has 1 amide bonds. The number of fused-ring (bicyclic) bond motifs is 3. The van der Waals surface area contributed by atoms with E-state index in [1.54, 1.807) is 6.92 Å². The van der Waals surface area contributed by atoms with Gasteiger partial charge in [0.1, 0.15) is 0 Å². The molecule has 3 heterocycles. The Labute approximate surface area is 232 Å². The van der Waals surface area contributed by atoms with Crippen LogP contribution < -0.4 is 9.47 Å². The summed E-state index contributed by atoms with van der Waals surface area (Å²) in [6, 6.07) is 12.8. The Kier molecular flexibility index (Phi) is 6.95. The summed E-state index contributed by atoms with van der Waals surface area (Å²) < 4.78 is 40.4. The fourth-order valence-electron chi connectivity index (χ4n) is 5.85. The fraction of sp³-hybridized carbons (Fsp3) is 0.367. The quantitative estimate of drug-likeness (QED) is 0.414. The molecule has 1 aromatic heterocycles. The maximum absolute atomic E-state index is 13.6. The molecule has 0 bridgehead atoms. The van der Waals surface area contributed by atoms with E-state index in [-0.39, 0.29) is 24.3 Å². The van der Waals surface area contributed by atoms with Crippen LogP contribution in [0.3, 0.4) is 0 Å². The topological polar surface area (TPSA) is 112 Å². The molecule has 0 spiro atoms. The molecule has 3 aromatic rings. The number of aromatic nitrogens is 1. The highest BCUT2D eigenvalue weighted by Gasteiger charge is 2.34. The molecule has 2 aliphatic heterocycles. The first-order valence-corrected chi connectivity index (χ1v) is 15.3. The lowest BCUT2D eigenvalue weighted by Gasteiger charge is -2.27. The average Bonchev–Trinajstić information content (AvgIpc) is 3.56. The van der Waals surface area contributed by atoms with Gasteiger partial charge in [-0.05, 0) is 73.6 Å². The number of likely N-dealkylation sites (N-methyl/N-ethyl adjacent to an activating group) is 1. The third-order valence-electron chi connectivity index (χ3n) is 7.75. The number of carbonyl (C=O) groups excluding carboxylic acids is 2. The number of hydrogen-bond donors (Lipinski definition) is 0. The van der Waals surface area contributed by atoms with Gasteiger partial charge in [0, 0.05) is 18.0 Å². The largest absolute Gasteiger partial charge is 0.454 e. The van der Waals surface area contributed by atoms with Crippen LogP contribution in [0.2, 0.25) is 0 Å². The van der Waals surface area contributed by atoms with E-state index >= 15 is 0 Å². The number of hydrogen-bond acceptors (Lipinski definition) is 8. The Hall–Kier alpha value is -3.92. The van der Waals surface area contributed by atoms with E-state index in [0.29, 0.717) is 47.4 Å². The van der Waals surface area contributed by atoms with E-state index in [1.807, 2.05) is 42.5 Å². The molecular weight excluding hydrogens is 532 g/mol. The van der Waals surface area contributed by atoms with Gasteiger partial charge in [-0.15, -0.1) is 0 Å². The van der Waals surface area contributed by atoms with Gasteiger partial charge >= 0.3 is 5.97 Å². The summed E-state index contributed by atoms with van der Waals surface area (Å²) in [6.07, 6.45) is 4.76. The van der Waals surface area contributed by atoms with E-state index in [0.717, 1.165) is 35.2 Å². The first-order valence-electron chi connectivity index (χ1n) is 13.5. The summed E-state index contributed by atoms with van der Waals surface area (Å²) in [7, 11) is -3.15. The third-order valence-corrected chi connectivity index (χ3v) is 9.50. The Morgan fingerprint density at radius 1 is 1.12 bits per heavy atom. The van der Waals surface area contributed by atoms with Crippen LogP contribution in [0.25, 0.3) is 22.6 Å². The van der Waals surface area contributed by atoms with E-state index in [2.05, 4.69) is 6.08 Å². The molecule has 1 unspecified atom stereocenters. The molecule has 40 heavy (non-hydrogen) atoms. The summed E-state index contributed by atoms with van der Waals surface area (Å²) in [5.41, 5.74) is 4.62. The van der Waals surface area contributed by atoms with Crippen molar-refractivity contribution in [1.29, 1.82) is 0 Å². The van der Waals surface area contributed by atoms with Crippen molar-refractivity contribution in [1.82, 2.24) is 9.88 Å². The van der Waals surface area contributed by atoms with Gasteiger partial charge in [0.25, 0.3) is 5.91 Å². The van der Waals surface area contributed by atoms with Crippen LogP contribution in [0, 0.1) is 0 Å². The van der Waals surface area contributed by atoms with Crippen molar-refractivity contribution in [2.24, 2.45) is 0 Å². The van der Waals surface area contributed by atoms with E-state index in [4.69, 9.17) is 19.2 Å². The van der Waals surface area contributed by atoms with Crippen molar-refractivity contribution >= 4 is 44.3 Å². The Balaban J connectivity index is 1.30. The lowest BCUT2D eigenvalue weighted by molar-refractivity contribution is -0.136. The zero-order valence-electron chi connectivity index (χ0n) is 22.2. The summed E-state index contributed by atoms with van der Waals surface area (Å²) in [4.78, 5) is 33.1. The van der Waals surface area contributed by atoms with Crippen LogP contribution in [-0.2, 0) is 25.8 Å². The summed E-state index contributed by atoms with van der Waals surface area (Å²) in [5.74, 6) is 0.449. The van der Waals surface area contributed by atoms with Gasteiger partial charge in [-0.1, -0.05) is 24.3 Å². The minimum absolute atomic E-state index is 0.0541. The molecule has 2 aromatic carbocycles. The molecule has 1 fully saturated rings. The monoisotopic (exact) mass is 562 g/mol. The number of ether oxygens (including phenoxy) is 3.